The Kier molecular flexibility index (Phi) is 7.79. The number of rotatable bonds is 9. The lowest BCUT2D eigenvalue weighted by molar-refractivity contribution is 0.141. The molecule has 10 heteroatoms. The SMILES string of the molecule is CCN1C(=O)OCc2cnc(N[C@@H](C)c3ccc(CN(C)C4CCN(BC=O)CC4)cc3)nc21. The molecule has 0 spiro atoms. The molecule has 2 aromatic rings. The number of piperidine rings is 1. The van der Waals surface area contributed by atoms with Crippen LogP contribution in [0.3, 0.4) is 0 Å². The van der Waals surface area contributed by atoms with Crippen LogP contribution in [0.4, 0.5) is 16.6 Å². The normalized spacial score (nSPS) is 17.8. The van der Waals surface area contributed by atoms with Crippen molar-refractivity contribution >= 4 is 31.5 Å². The summed E-state index contributed by atoms with van der Waals surface area (Å²) < 4.78 is 5.16. The summed E-state index contributed by atoms with van der Waals surface area (Å²) in [5.74, 6) is 1.10. The number of hydrogen-bond donors (Lipinski definition) is 1. The number of nitrogens with one attached hydrogen (secondary N) is 1. The molecule has 0 bridgehead atoms. The molecule has 180 valence electrons. The lowest BCUT2D eigenvalue weighted by atomic mass is 9.89. The average Bonchev–Trinajstić information content (AvgIpc) is 2.85. The van der Waals surface area contributed by atoms with Gasteiger partial charge in [0.2, 0.25) is 5.95 Å². The highest BCUT2D eigenvalue weighted by atomic mass is 16.6. The van der Waals surface area contributed by atoms with Crippen molar-refractivity contribution in [2.45, 2.75) is 51.9 Å². The Labute approximate surface area is 201 Å². The van der Waals surface area contributed by atoms with Crippen LogP contribution in [-0.4, -0.2) is 72.1 Å². The Morgan fingerprint density at radius 2 is 2.03 bits per heavy atom. The molecule has 9 nitrogen and oxygen atoms in total. The highest BCUT2D eigenvalue weighted by Crippen LogP contribution is 2.26. The largest absolute Gasteiger partial charge is 0.444 e. The predicted molar refractivity (Wildman–Crippen MR) is 134 cm³/mol. The first-order valence-corrected chi connectivity index (χ1v) is 12.0. The van der Waals surface area contributed by atoms with Gasteiger partial charge in [-0.1, -0.05) is 24.3 Å². The Morgan fingerprint density at radius 3 is 2.71 bits per heavy atom. The van der Waals surface area contributed by atoms with Gasteiger partial charge in [-0.25, -0.2) is 9.78 Å². The highest BCUT2D eigenvalue weighted by molar-refractivity contribution is 6.64. The van der Waals surface area contributed by atoms with E-state index in [-0.39, 0.29) is 18.7 Å². The first-order chi connectivity index (χ1) is 16.5. The zero-order valence-electron chi connectivity index (χ0n) is 20.2. The van der Waals surface area contributed by atoms with E-state index in [9.17, 15) is 9.59 Å². The van der Waals surface area contributed by atoms with Crippen LogP contribution in [0.2, 0.25) is 0 Å². The van der Waals surface area contributed by atoms with Crippen molar-refractivity contribution in [3.8, 4) is 0 Å². The molecule has 1 aromatic carbocycles. The minimum Gasteiger partial charge on any atom is -0.444 e. The van der Waals surface area contributed by atoms with Crippen molar-refractivity contribution in [2.24, 2.45) is 0 Å². The van der Waals surface area contributed by atoms with E-state index in [1.165, 1.54) is 10.5 Å². The molecule has 1 atom stereocenters. The lowest BCUT2D eigenvalue weighted by Gasteiger charge is -2.36. The van der Waals surface area contributed by atoms with Gasteiger partial charge in [0.15, 0.2) is 0 Å². The molecule has 2 aliphatic heterocycles. The summed E-state index contributed by atoms with van der Waals surface area (Å²) in [5.41, 5.74) is 3.22. The molecule has 0 unspecified atom stereocenters. The van der Waals surface area contributed by atoms with Crippen molar-refractivity contribution in [2.75, 3.05) is 36.9 Å². The maximum absolute atomic E-state index is 12.0. The zero-order chi connectivity index (χ0) is 24.1. The molecular weight excluding hydrogens is 431 g/mol. The maximum atomic E-state index is 12.0. The molecular formula is C24H33BN6O3. The number of ether oxygens (including phenoxy) is 1. The standard InChI is InChI=1S/C24H33BN6O3/c1-4-31-22-20(15-34-24(31)33)13-26-23(28-22)27-17(2)19-7-5-18(6-8-19)14-29(3)21-9-11-30(12-10-21)25-16-32/h5-8,13,16-17,21,25H,4,9-12,14-15H2,1-3H3,(H,26,27,28)/t17-/m0/s1. The smallest absolute Gasteiger partial charge is 0.415 e. The summed E-state index contributed by atoms with van der Waals surface area (Å²) >= 11 is 0. The number of hydrogen-bond acceptors (Lipinski definition) is 8. The molecule has 34 heavy (non-hydrogen) atoms. The molecule has 1 amide bonds. The van der Waals surface area contributed by atoms with Crippen molar-refractivity contribution in [1.82, 2.24) is 19.7 Å². The minimum atomic E-state index is -0.375. The first kappa shape index (κ1) is 24.2. The molecule has 0 aliphatic carbocycles. The van der Waals surface area contributed by atoms with Crippen LogP contribution in [0, 0.1) is 0 Å². The van der Waals surface area contributed by atoms with Gasteiger partial charge in [0.25, 0.3) is 7.41 Å². The summed E-state index contributed by atoms with van der Waals surface area (Å²) in [6.45, 7) is 7.53. The number of aromatic nitrogens is 2. The molecule has 3 heterocycles. The van der Waals surface area contributed by atoms with Gasteiger partial charge in [0.1, 0.15) is 12.4 Å². The van der Waals surface area contributed by atoms with Crippen molar-refractivity contribution in [1.29, 1.82) is 0 Å². The zero-order valence-corrected chi connectivity index (χ0v) is 20.2. The number of fused-ring (bicyclic) bond motifs is 1. The van der Waals surface area contributed by atoms with Crippen LogP contribution in [0.5, 0.6) is 0 Å². The Balaban J connectivity index is 1.34. The molecule has 1 fully saturated rings. The monoisotopic (exact) mass is 464 g/mol. The van der Waals surface area contributed by atoms with E-state index in [1.807, 2.05) is 6.92 Å². The van der Waals surface area contributed by atoms with Crippen molar-refractivity contribution in [3.63, 3.8) is 0 Å². The van der Waals surface area contributed by atoms with Gasteiger partial charge in [0.05, 0.1) is 17.8 Å². The Morgan fingerprint density at radius 1 is 1.29 bits per heavy atom. The van der Waals surface area contributed by atoms with Crippen LogP contribution in [-0.2, 0) is 22.7 Å². The number of amides is 1. The Hall–Kier alpha value is -2.98. The van der Waals surface area contributed by atoms with Gasteiger partial charge in [-0.05, 0) is 58.0 Å². The average molecular weight is 464 g/mol. The first-order valence-electron chi connectivity index (χ1n) is 12.0. The third-order valence-corrected chi connectivity index (χ3v) is 6.76. The number of nitrogens with zero attached hydrogens (tertiary/aromatic N) is 5. The topological polar surface area (TPSA) is 90.9 Å². The van der Waals surface area contributed by atoms with Crippen molar-refractivity contribution in [3.05, 3.63) is 47.2 Å². The second kappa shape index (κ2) is 11.0. The van der Waals surface area contributed by atoms with Gasteiger partial charge in [-0.3, -0.25) is 9.80 Å². The predicted octanol–water partition coefficient (Wildman–Crippen LogP) is 2.56. The Bertz CT molecular complexity index is 997. The fourth-order valence-corrected chi connectivity index (χ4v) is 4.64. The van der Waals surface area contributed by atoms with Gasteiger partial charge >= 0.3 is 6.09 Å². The summed E-state index contributed by atoms with van der Waals surface area (Å²) in [6.07, 6.45) is 4.53. The quantitative estimate of drug-likeness (QED) is 0.448. The van der Waals surface area contributed by atoms with E-state index < -0.39 is 0 Å². The van der Waals surface area contributed by atoms with E-state index in [4.69, 9.17) is 4.74 Å². The number of anilines is 2. The van der Waals surface area contributed by atoms with Crippen LogP contribution in [0.1, 0.15) is 49.4 Å². The molecule has 1 N–H and O–H groups in total. The summed E-state index contributed by atoms with van der Waals surface area (Å²) in [6, 6.07) is 9.19. The van der Waals surface area contributed by atoms with E-state index >= 15 is 0 Å². The second-order valence-electron chi connectivity index (χ2n) is 9.06. The van der Waals surface area contributed by atoms with Gasteiger partial charge < -0.3 is 19.7 Å². The summed E-state index contributed by atoms with van der Waals surface area (Å²) in [5, 5.41) is 3.35. The fourth-order valence-electron chi connectivity index (χ4n) is 4.64. The number of cyclic esters (lactones) is 1. The molecule has 1 aromatic heterocycles. The van der Waals surface area contributed by atoms with Crippen LogP contribution < -0.4 is 10.2 Å². The number of carbonyl (C=O) groups excluding carboxylic acids is 2. The third-order valence-electron chi connectivity index (χ3n) is 6.76. The van der Waals surface area contributed by atoms with Crippen LogP contribution in [0.25, 0.3) is 0 Å². The number of carbonyl (C=O) groups is 2. The van der Waals surface area contributed by atoms with Crippen LogP contribution >= 0.6 is 0 Å². The second-order valence-corrected chi connectivity index (χ2v) is 9.06. The maximum Gasteiger partial charge on any atom is 0.415 e. The molecule has 0 radical (unpaired) electrons. The molecule has 1 saturated heterocycles. The lowest BCUT2D eigenvalue weighted by Crippen LogP contribution is -2.44. The summed E-state index contributed by atoms with van der Waals surface area (Å²) in [4.78, 5) is 37.9. The third kappa shape index (κ3) is 5.56. The van der Waals surface area contributed by atoms with Crippen molar-refractivity contribution < 1.29 is 14.3 Å². The fraction of sp³-hybridized carbons (Fsp3) is 0.500. The van der Waals surface area contributed by atoms with Gasteiger partial charge in [-0.2, -0.15) is 4.98 Å². The minimum absolute atomic E-state index is 0.0117. The molecule has 4 rings (SSSR count). The summed E-state index contributed by atoms with van der Waals surface area (Å²) in [7, 11) is 2.73. The molecule has 0 saturated carbocycles. The molecule has 2 aliphatic rings. The van der Waals surface area contributed by atoms with Gasteiger partial charge in [-0.15, -0.1) is 0 Å². The van der Waals surface area contributed by atoms with Crippen LogP contribution in [0.15, 0.2) is 30.5 Å². The van der Waals surface area contributed by atoms with E-state index in [1.54, 1.807) is 6.20 Å². The van der Waals surface area contributed by atoms with Gasteiger partial charge in [0, 0.05) is 25.3 Å². The van der Waals surface area contributed by atoms with E-state index in [0.717, 1.165) is 49.8 Å². The number of benzene rings is 1. The van der Waals surface area contributed by atoms with E-state index in [0.29, 0.717) is 31.8 Å². The van der Waals surface area contributed by atoms with E-state index in [2.05, 4.69) is 63.2 Å². The highest BCUT2D eigenvalue weighted by Gasteiger charge is 2.27.